The minimum Gasteiger partial charge on any atom is -0.348 e. The van der Waals surface area contributed by atoms with Gasteiger partial charge in [-0.05, 0) is 0 Å². The van der Waals surface area contributed by atoms with Crippen LogP contribution in [-0.4, -0.2) is 35.7 Å². The van der Waals surface area contributed by atoms with Gasteiger partial charge in [0.15, 0.2) is 0 Å². The molecule has 1 saturated heterocycles. The van der Waals surface area contributed by atoms with E-state index in [2.05, 4.69) is 0 Å². The van der Waals surface area contributed by atoms with Crippen molar-refractivity contribution in [3.8, 4) is 0 Å². The molecule has 0 aromatic rings. The summed E-state index contributed by atoms with van der Waals surface area (Å²) in [6.45, 7) is -0.531. The molecule has 0 atom stereocenters. The summed E-state index contributed by atoms with van der Waals surface area (Å²) in [6.07, 6.45) is 0.187. The van der Waals surface area contributed by atoms with E-state index >= 15 is 0 Å². The zero-order valence-corrected chi connectivity index (χ0v) is 7.08. The van der Waals surface area contributed by atoms with Crippen LogP contribution in [0, 0.1) is 5.41 Å². The largest absolute Gasteiger partial charge is 0.348 e. The topological polar surface area (TPSA) is 27.1 Å². The molecular weight excluding hydrogens is 188 g/mol. The number of hydrogen-bond acceptors (Lipinski definition) is 1. The first-order valence-corrected chi connectivity index (χ1v) is 3.88. The maximum Gasteiger partial charge on any atom is 0.329 e. The lowest BCUT2D eigenvalue weighted by Crippen LogP contribution is -2.38. The Hall–Kier alpha value is -0.810. The van der Waals surface area contributed by atoms with Crippen LogP contribution in [-0.2, 0) is 0 Å². The van der Waals surface area contributed by atoms with Crippen LogP contribution in [0.5, 0.6) is 0 Å². The van der Waals surface area contributed by atoms with Gasteiger partial charge in [0.25, 0.3) is 0 Å². The van der Waals surface area contributed by atoms with E-state index < -0.39 is 24.9 Å². The second kappa shape index (κ2) is 2.85. The molecule has 0 aromatic carbocycles. The molecule has 1 aliphatic heterocycles. The van der Waals surface area contributed by atoms with Gasteiger partial charge in [0.1, 0.15) is 0 Å². The van der Waals surface area contributed by atoms with Gasteiger partial charge in [-0.15, -0.1) is 0 Å². The molecule has 0 bridgehead atoms. The Labute approximate surface area is 73.0 Å². The van der Waals surface area contributed by atoms with Gasteiger partial charge in [0.05, 0.1) is 18.9 Å². The van der Waals surface area contributed by atoms with Crippen LogP contribution in [0.15, 0.2) is 0 Å². The molecule has 0 amide bonds. The summed E-state index contributed by atoms with van der Waals surface area (Å²) < 4.78 is 50.3. The first-order chi connectivity index (χ1) is 5.80. The predicted octanol–water partition coefficient (Wildman–Crippen LogP) is 1.96. The highest BCUT2D eigenvalue weighted by Crippen LogP contribution is 2.40. The van der Waals surface area contributed by atoms with Gasteiger partial charge in [0.2, 0.25) is 0 Å². The van der Waals surface area contributed by atoms with E-state index in [4.69, 9.17) is 5.41 Å². The molecule has 1 rings (SSSR count). The molecule has 0 radical (unpaired) electrons. The molecule has 6 heteroatoms. The number of nitrogens with one attached hydrogen (secondary N) is 1. The maximum atomic E-state index is 12.6. The van der Waals surface area contributed by atoms with Crippen LogP contribution in [0.4, 0.5) is 17.6 Å². The summed E-state index contributed by atoms with van der Waals surface area (Å²) in [7, 11) is 0. The lowest BCUT2D eigenvalue weighted by Gasteiger charge is -2.15. The fourth-order valence-electron chi connectivity index (χ4n) is 1.18. The monoisotopic (exact) mass is 198 g/mol. The third-order valence-corrected chi connectivity index (χ3v) is 2.03. The summed E-state index contributed by atoms with van der Waals surface area (Å²) in [6, 6.07) is 0. The molecule has 2 nitrogen and oxygen atoms in total. The third-order valence-electron chi connectivity index (χ3n) is 2.03. The van der Waals surface area contributed by atoms with Crippen molar-refractivity contribution in [3.05, 3.63) is 0 Å². The first-order valence-electron chi connectivity index (χ1n) is 3.88. The minimum absolute atomic E-state index is 0.170. The van der Waals surface area contributed by atoms with Crippen molar-refractivity contribution >= 4 is 5.84 Å². The number of likely N-dealkylation sites (tertiary alicyclic amines) is 1. The maximum absolute atomic E-state index is 12.6. The lowest BCUT2D eigenvalue weighted by molar-refractivity contribution is -0.172. The van der Waals surface area contributed by atoms with E-state index in [9.17, 15) is 17.6 Å². The zero-order chi connectivity index (χ0) is 10.3. The highest BCUT2D eigenvalue weighted by molar-refractivity contribution is 5.79. The van der Waals surface area contributed by atoms with Crippen molar-refractivity contribution in [1.82, 2.24) is 4.90 Å². The second-order valence-electron chi connectivity index (χ2n) is 3.07. The fraction of sp³-hybridized carbons (Fsp3) is 0.857. The highest BCUT2D eigenvalue weighted by Gasteiger charge is 2.63. The Morgan fingerprint density at radius 2 is 1.62 bits per heavy atom. The van der Waals surface area contributed by atoms with Gasteiger partial charge >= 0.3 is 11.8 Å². The average Bonchev–Trinajstić information content (AvgIpc) is 2.20. The number of amidine groups is 1. The molecule has 0 saturated carbocycles. The van der Waals surface area contributed by atoms with Gasteiger partial charge in [0, 0.05) is 6.42 Å². The van der Waals surface area contributed by atoms with E-state index in [1.54, 1.807) is 6.92 Å². The van der Waals surface area contributed by atoms with E-state index in [-0.39, 0.29) is 12.3 Å². The van der Waals surface area contributed by atoms with E-state index in [1.807, 2.05) is 0 Å². The van der Waals surface area contributed by atoms with E-state index in [1.165, 1.54) is 0 Å². The van der Waals surface area contributed by atoms with Crippen molar-refractivity contribution in [2.24, 2.45) is 0 Å². The molecule has 1 heterocycles. The summed E-state index contributed by atoms with van der Waals surface area (Å²) >= 11 is 0. The number of alkyl halides is 4. The van der Waals surface area contributed by atoms with Crippen LogP contribution in [0.1, 0.15) is 13.3 Å². The van der Waals surface area contributed by atoms with E-state index in [0.29, 0.717) is 0 Å². The van der Waals surface area contributed by atoms with Crippen molar-refractivity contribution in [2.75, 3.05) is 13.1 Å². The van der Waals surface area contributed by atoms with Crippen molar-refractivity contribution in [2.45, 2.75) is 25.2 Å². The summed E-state index contributed by atoms with van der Waals surface area (Å²) in [4.78, 5) is 0.722. The lowest BCUT2D eigenvalue weighted by atomic mass is 10.2. The quantitative estimate of drug-likeness (QED) is 0.389. The molecule has 0 aromatic heterocycles. The average molecular weight is 198 g/mol. The Morgan fingerprint density at radius 3 is 1.92 bits per heavy atom. The Morgan fingerprint density at radius 1 is 1.23 bits per heavy atom. The molecule has 1 N–H and O–H groups in total. The molecule has 0 aliphatic carbocycles. The van der Waals surface area contributed by atoms with E-state index in [0.717, 1.165) is 4.90 Å². The van der Waals surface area contributed by atoms with Crippen molar-refractivity contribution < 1.29 is 17.6 Å². The number of hydrogen-bond donors (Lipinski definition) is 1. The van der Waals surface area contributed by atoms with Crippen LogP contribution in [0.2, 0.25) is 0 Å². The second-order valence-corrected chi connectivity index (χ2v) is 3.07. The highest BCUT2D eigenvalue weighted by atomic mass is 19.3. The molecular formula is C7H10F4N2. The smallest absolute Gasteiger partial charge is 0.329 e. The van der Waals surface area contributed by atoms with Gasteiger partial charge in [-0.2, -0.15) is 17.6 Å². The molecule has 1 fully saturated rings. The van der Waals surface area contributed by atoms with Gasteiger partial charge in [-0.25, -0.2) is 0 Å². The number of rotatable bonds is 1. The van der Waals surface area contributed by atoms with Gasteiger partial charge in [-0.1, -0.05) is 6.92 Å². The fourth-order valence-corrected chi connectivity index (χ4v) is 1.18. The van der Waals surface area contributed by atoms with Crippen LogP contribution < -0.4 is 0 Å². The third kappa shape index (κ3) is 1.62. The Kier molecular flexibility index (Phi) is 2.25. The van der Waals surface area contributed by atoms with Gasteiger partial charge < -0.3 is 4.90 Å². The molecule has 13 heavy (non-hydrogen) atoms. The predicted molar refractivity (Wildman–Crippen MR) is 39.5 cm³/mol. The minimum atomic E-state index is -4.01. The summed E-state index contributed by atoms with van der Waals surface area (Å²) in [5.74, 6) is -8.18. The van der Waals surface area contributed by atoms with Gasteiger partial charge in [-0.3, -0.25) is 5.41 Å². The number of nitrogens with zero attached hydrogens (tertiary/aromatic N) is 1. The summed E-state index contributed by atoms with van der Waals surface area (Å²) in [5, 5.41) is 7.15. The molecule has 0 unspecified atom stereocenters. The normalized spacial score (nSPS) is 24.8. The zero-order valence-electron chi connectivity index (χ0n) is 7.08. The SMILES string of the molecule is CCC(=N)N1CC(F)(F)C(F)(F)C1. The standard InChI is InChI=1S/C7H10F4N2/c1-2-5(12)13-3-6(8,9)7(10,11)4-13/h12H,2-4H2,1H3. The van der Waals surface area contributed by atoms with Crippen molar-refractivity contribution in [3.63, 3.8) is 0 Å². The van der Waals surface area contributed by atoms with Crippen molar-refractivity contribution in [1.29, 1.82) is 5.41 Å². The van der Waals surface area contributed by atoms with Crippen LogP contribution in [0.25, 0.3) is 0 Å². The molecule has 1 aliphatic rings. The molecule has 0 spiro atoms. The number of halogens is 4. The first kappa shape index (κ1) is 10.3. The van der Waals surface area contributed by atoms with Crippen LogP contribution in [0.3, 0.4) is 0 Å². The van der Waals surface area contributed by atoms with Crippen LogP contribution >= 0.6 is 0 Å². The Bertz CT molecular complexity index is 211. The summed E-state index contributed by atoms with van der Waals surface area (Å²) in [5.41, 5.74) is 0. The Balaban J connectivity index is 2.76. The molecule has 76 valence electrons.